The maximum absolute atomic E-state index is 13.8. The summed E-state index contributed by atoms with van der Waals surface area (Å²) >= 11 is 0. The minimum absolute atomic E-state index is 0.217. The molecule has 0 unspecified atom stereocenters. The molecule has 0 aliphatic heterocycles. The van der Waals surface area contributed by atoms with Crippen molar-refractivity contribution in [3.63, 3.8) is 0 Å². The predicted molar refractivity (Wildman–Crippen MR) is 137 cm³/mol. The molecule has 1 amide bonds. The summed E-state index contributed by atoms with van der Waals surface area (Å²) < 4.78 is 39.6. The molecule has 8 nitrogen and oxygen atoms in total. The van der Waals surface area contributed by atoms with Crippen LogP contribution in [0.5, 0.6) is 11.5 Å². The van der Waals surface area contributed by atoms with Crippen LogP contribution in [0.1, 0.15) is 54.4 Å². The van der Waals surface area contributed by atoms with Crippen molar-refractivity contribution < 1.29 is 22.7 Å². The van der Waals surface area contributed by atoms with Crippen molar-refractivity contribution in [2.75, 3.05) is 20.8 Å². The summed E-state index contributed by atoms with van der Waals surface area (Å²) in [4.78, 5) is 13.1. The lowest BCUT2D eigenvalue weighted by atomic mass is 9.95. The first-order valence-electron chi connectivity index (χ1n) is 11.8. The highest BCUT2D eigenvalue weighted by molar-refractivity contribution is 7.89. The van der Waals surface area contributed by atoms with E-state index in [2.05, 4.69) is 10.5 Å². The Labute approximate surface area is 208 Å². The molecule has 1 aliphatic rings. The fraction of sp³-hybridized carbons (Fsp3) is 0.462. The lowest BCUT2D eigenvalue weighted by Gasteiger charge is -2.33. The molecule has 35 heavy (non-hydrogen) atoms. The van der Waals surface area contributed by atoms with Crippen molar-refractivity contribution in [1.29, 1.82) is 0 Å². The number of ether oxygens (including phenoxy) is 2. The van der Waals surface area contributed by atoms with Crippen molar-refractivity contribution in [1.82, 2.24) is 9.73 Å². The molecule has 2 aromatic carbocycles. The Balaban J connectivity index is 1.83. The van der Waals surface area contributed by atoms with Crippen LogP contribution in [0.25, 0.3) is 0 Å². The predicted octanol–water partition coefficient (Wildman–Crippen LogP) is 4.10. The molecular formula is C26H35N3O5S. The zero-order chi connectivity index (χ0) is 25.6. The summed E-state index contributed by atoms with van der Waals surface area (Å²) in [7, 11) is -0.784. The topological polar surface area (TPSA) is 97.3 Å². The zero-order valence-electron chi connectivity index (χ0n) is 21.1. The average Bonchev–Trinajstić information content (AvgIpc) is 2.82. The molecule has 190 valence electrons. The Morgan fingerprint density at radius 1 is 1.06 bits per heavy atom. The molecule has 3 rings (SSSR count). The van der Waals surface area contributed by atoms with Crippen molar-refractivity contribution in [3.8, 4) is 11.5 Å². The molecule has 0 saturated heterocycles. The first-order valence-corrected chi connectivity index (χ1v) is 13.2. The average molecular weight is 502 g/mol. The van der Waals surface area contributed by atoms with Crippen LogP contribution in [0.3, 0.4) is 0 Å². The summed E-state index contributed by atoms with van der Waals surface area (Å²) in [6.45, 7) is 5.26. The lowest BCUT2D eigenvalue weighted by molar-refractivity contribution is -0.121. The number of carbonyl (C=O) groups excluding carboxylic acids is 1. The minimum Gasteiger partial charge on any atom is -0.497 e. The maximum Gasteiger partial charge on any atom is 0.255 e. The van der Waals surface area contributed by atoms with E-state index in [9.17, 15) is 13.2 Å². The number of amides is 1. The van der Waals surface area contributed by atoms with Crippen LogP contribution in [-0.2, 0) is 14.8 Å². The van der Waals surface area contributed by atoms with E-state index in [0.29, 0.717) is 28.2 Å². The summed E-state index contributed by atoms with van der Waals surface area (Å²) in [5.41, 5.74) is 5.51. The van der Waals surface area contributed by atoms with E-state index in [-0.39, 0.29) is 17.5 Å². The monoisotopic (exact) mass is 501 g/mol. The highest BCUT2D eigenvalue weighted by atomic mass is 32.2. The van der Waals surface area contributed by atoms with E-state index in [1.54, 1.807) is 39.2 Å². The minimum atomic E-state index is -3.88. The molecule has 0 radical (unpaired) electrons. The Bertz CT molecular complexity index is 1160. The van der Waals surface area contributed by atoms with Crippen LogP contribution >= 0.6 is 0 Å². The van der Waals surface area contributed by atoms with Gasteiger partial charge in [0.1, 0.15) is 11.5 Å². The van der Waals surface area contributed by atoms with Crippen molar-refractivity contribution in [2.24, 2.45) is 5.10 Å². The van der Waals surface area contributed by atoms with Gasteiger partial charge in [-0.1, -0.05) is 37.0 Å². The molecule has 0 heterocycles. The molecule has 0 aromatic heterocycles. The van der Waals surface area contributed by atoms with E-state index in [1.807, 2.05) is 19.1 Å². The third kappa shape index (κ3) is 6.41. The number of hydrogen-bond acceptors (Lipinski definition) is 6. The summed E-state index contributed by atoms with van der Waals surface area (Å²) in [6.07, 6.45) is 5.90. The van der Waals surface area contributed by atoms with Crippen LogP contribution in [0.2, 0.25) is 0 Å². The number of hydrogen-bond donors (Lipinski definition) is 1. The number of nitrogens with zero attached hydrogens (tertiary/aromatic N) is 2. The van der Waals surface area contributed by atoms with E-state index < -0.39 is 15.9 Å². The molecule has 1 saturated carbocycles. The van der Waals surface area contributed by atoms with E-state index in [4.69, 9.17) is 9.47 Å². The number of sulfonamides is 1. The Hall–Kier alpha value is -2.91. The number of carbonyl (C=O) groups is 1. The van der Waals surface area contributed by atoms with Gasteiger partial charge in [-0.3, -0.25) is 4.79 Å². The molecule has 9 heteroatoms. The van der Waals surface area contributed by atoms with E-state index in [1.165, 1.54) is 17.6 Å². The third-order valence-corrected chi connectivity index (χ3v) is 8.49. The smallest absolute Gasteiger partial charge is 0.255 e. The van der Waals surface area contributed by atoms with Crippen LogP contribution < -0.4 is 14.9 Å². The fourth-order valence-corrected chi connectivity index (χ4v) is 6.80. The van der Waals surface area contributed by atoms with Gasteiger partial charge in [-0.15, -0.1) is 0 Å². The second-order valence-electron chi connectivity index (χ2n) is 8.97. The molecule has 1 aliphatic carbocycles. The zero-order valence-corrected chi connectivity index (χ0v) is 21.9. The quantitative estimate of drug-likeness (QED) is 0.412. The molecule has 0 spiro atoms. The molecule has 0 bridgehead atoms. The van der Waals surface area contributed by atoms with Crippen LogP contribution in [0.15, 0.2) is 40.3 Å². The second-order valence-corrected chi connectivity index (χ2v) is 10.8. The second kappa shape index (κ2) is 11.7. The fourth-order valence-electron chi connectivity index (χ4n) is 4.75. The highest BCUT2D eigenvalue weighted by Crippen LogP contribution is 2.31. The van der Waals surface area contributed by atoms with Crippen LogP contribution in [0.4, 0.5) is 0 Å². The first kappa shape index (κ1) is 26.7. The molecular weight excluding hydrogens is 466 g/mol. The molecule has 1 fully saturated rings. The van der Waals surface area contributed by atoms with E-state index in [0.717, 1.165) is 37.7 Å². The van der Waals surface area contributed by atoms with Crippen LogP contribution in [-0.4, -0.2) is 51.7 Å². The first-order chi connectivity index (χ1) is 16.7. The highest BCUT2D eigenvalue weighted by Gasteiger charge is 2.35. The SMILES string of the molecule is COc1ccc(/C=N/NC(=O)CN(C2CCCCC2)S(=O)(=O)c2c(C)cc(C)cc2C)c(OC)c1. The largest absolute Gasteiger partial charge is 0.497 e. The molecule has 0 atom stereocenters. The Morgan fingerprint density at radius 2 is 1.71 bits per heavy atom. The Kier molecular flexibility index (Phi) is 8.91. The summed E-state index contributed by atoms with van der Waals surface area (Å²) in [6, 6.07) is 8.75. The summed E-state index contributed by atoms with van der Waals surface area (Å²) in [5, 5.41) is 4.04. The number of rotatable bonds is 9. The number of aryl methyl sites for hydroxylation is 3. The standard InChI is InChI=1S/C26H35N3O5S/c1-18-13-19(2)26(20(3)14-18)35(31,32)29(22-9-7-6-8-10-22)17-25(30)28-27-16-21-11-12-23(33-4)15-24(21)34-5/h11-16,22H,6-10,17H2,1-5H3,(H,28,30)/b27-16+. The van der Waals surface area contributed by atoms with Gasteiger partial charge in [0.15, 0.2) is 0 Å². The molecule has 2 aromatic rings. The third-order valence-electron chi connectivity index (χ3n) is 6.29. The summed E-state index contributed by atoms with van der Waals surface area (Å²) in [5.74, 6) is 0.683. The van der Waals surface area contributed by atoms with Gasteiger partial charge in [-0.2, -0.15) is 9.41 Å². The van der Waals surface area contributed by atoms with Gasteiger partial charge < -0.3 is 9.47 Å². The number of hydrazone groups is 1. The number of methoxy groups -OCH3 is 2. The van der Waals surface area contributed by atoms with Gasteiger partial charge in [-0.25, -0.2) is 13.8 Å². The molecule has 1 N–H and O–H groups in total. The van der Waals surface area contributed by atoms with Crippen molar-refractivity contribution >= 4 is 22.1 Å². The van der Waals surface area contributed by atoms with Gasteiger partial charge in [0.2, 0.25) is 10.0 Å². The lowest BCUT2D eigenvalue weighted by Crippen LogP contribution is -2.46. The number of nitrogens with one attached hydrogen (secondary N) is 1. The van der Waals surface area contributed by atoms with Gasteiger partial charge in [0.05, 0.1) is 31.9 Å². The normalized spacial score (nSPS) is 14.9. The van der Waals surface area contributed by atoms with Crippen LogP contribution in [0, 0.1) is 20.8 Å². The number of benzene rings is 2. The van der Waals surface area contributed by atoms with E-state index >= 15 is 0 Å². The van der Waals surface area contributed by atoms with Crippen molar-refractivity contribution in [2.45, 2.75) is 63.8 Å². The Morgan fingerprint density at radius 3 is 2.31 bits per heavy atom. The van der Waals surface area contributed by atoms with Gasteiger partial charge in [0, 0.05) is 17.7 Å². The maximum atomic E-state index is 13.8. The van der Waals surface area contributed by atoms with Gasteiger partial charge in [0.25, 0.3) is 5.91 Å². The van der Waals surface area contributed by atoms with Gasteiger partial charge in [-0.05, 0) is 56.9 Å². The van der Waals surface area contributed by atoms with Gasteiger partial charge >= 0.3 is 0 Å². The van der Waals surface area contributed by atoms with Crippen molar-refractivity contribution in [3.05, 3.63) is 52.6 Å².